The summed E-state index contributed by atoms with van der Waals surface area (Å²) in [4.78, 5) is 24.3. The van der Waals surface area contributed by atoms with E-state index < -0.39 is 5.97 Å². The van der Waals surface area contributed by atoms with E-state index in [4.69, 9.17) is 16.7 Å². The Morgan fingerprint density at radius 1 is 1.56 bits per heavy atom. The number of aromatic carboxylic acids is 1. The largest absolute Gasteiger partial charge is 0.476 e. The Balaban J connectivity index is 2.11. The lowest BCUT2D eigenvalue weighted by Crippen LogP contribution is -2.43. The molecule has 7 nitrogen and oxygen atoms in total. The molecule has 0 fully saturated rings. The normalized spacial score (nSPS) is 14.2. The molecule has 1 aromatic rings. The van der Waals surface area contributed by atoms with Crippen LogP contribution in [0.15, 0.2) is 0 Å². The molecule has 0 saturated carbocycles. The van der Waals surface area contributed by atoms with Crippen LogP contribution in [0.1, 0.15) is 21.7 Å². The van der Waals surface area contributed by atoms with Gasteiger partial charge >= 0.3 is 12.0 Å². The molecule has 0 saturated heterocycles. The number of hydrogen-bond acceptors (Lipinski definition) is 3. The Labute approximate surface area is 108 Å². The van der Waals surface area contributed by atoms with Gasteiger partial charge in [0.1, 0.15) is 0 Å². The van der Waals surface area contributed by atoms with E-state index in [1.165, 1.54) is 0 Å². The fraction of sp³-hybridized carbons (Fsp3) is 0.500. The topological polar surface area (TPSA) is 98.3 Å². The number of carboxylic acid groups (broad SMARTS) is 1. The number of carbonyl (C=O) groups is 2. The molecule has 1 aliphatic rings. The maximum absolute atomic E-state index is 11.7. The Morgan fingerprint density at radius 2 is 2.33 bits per heavy atom. The Hall–Kier alpha value is -1.76. The first-order chi connectivity index (χ1) is 8.63. The molecule has 0 unspecified atom stereocenters. The first-order valence-electron chi connectivity index (χ1n) is 5.51. The number of nitrogens with one attached hydrogen (secondary N) is 2. The molecule has 2 amide bonds. The van der Waals surface area contributed by atoms with Crippen LogP contribution < -0.4 is 5.32 Å². The number of alkyl halides is 1. The summed E-state index contributed by atoms with van der Waals surface area (Å²) in [6.45, 7) is 1.17. The van der Waals surface area contributed by atoms with Crippen molar-refractivity contribution in [1.29, 1.82) is 0 Å². The summed E-state index contributed by atoms with van der Waals surface area (Å²) in [5, 5.41) is 18.1. The van der Waals surface area contributed by atoms with Crippen LogP contribution in [0.2, 0.25) is 0 Å². The van der Waals surface area contributed by atoms with Crippen LogP contribution in [0.25, 0.3) is 0 Å². The van der Waals surface area contributed by atoms with Crippen molar-refractivity contribution < 1.29 is 14.7 Å². The zero-order valence-electron chi connectivity index (χ0n) is 9.57. The Morgan fingerprint density at radius 3 is 3.00 bits per heavy atom. The second-order valence-electron chi connectivity index (χ2n) is 3.93. The number of carboxylic acids is 1. The number of aromatic nitrogens is 2. The minimum absolute atomic E-state index is 0.0140. The second-order valence-corrected chi connectivity index (χ2v) is 4.30. The van der Waals surface area contributed by atoms with Crippen LogP contribution in [-0.4, -0.2) is 51.2 Å². The van der Waals surface area contributed by atoms with E-state index in [2.05, 4.69) is 15.5 Å². The van der Waals surface area contributed by atoms with Crippen molar-refractivity contribution in [2.45, 2.75) is 13.0 Å². The quantitative estimate of drug-likeness (QED) is 0.694. The summed E-state index contributed by atoms with van der Waals surface area (Å²) >= 11 is 5.49. The van der Waals surface area contributed by atoms with E-state index in [1.54, 1.807) is 4.90 Å². The van der Waals surface area contributed by atoms with E-state index in [1.807, 2.05) is 0 Å². The molecule has 18 heavy (non-hydrogen) atoms. The third kappa shape index (κ3) is 2.40. The molecule has 0 spiro atoms. The van der Waals surface area contributed by atoms with Gasteiger partial charge in [-0.15, -0.1) is 11.6 Å². The third-order valence-corrected chi connectivity index (χ3v) is 2.98. The molecule has 3 N–H and O–H groups in total. The van der Waals surface area contributed by atoms with Crippen LogP contribution in [0.3, 0.4) is 0 Å². The number of urea groups is 1. The summed E-state index contributed by atoms with van der Waals surface area (Å²) < 4.78 is 0. The summed E-state index contributed by atoms with van der Waals surface area (Å²) in [7, 11) is 0. The summed E-state index contributed by atoms with van der Waals surface area (Å²) in [6, 6.07) is -0.237. The van der Waals surface area contributed by atoms with E-state index in [-0.39, 0.29) is 18.3 Å². The first kappa shape index (κ1) is 12.7. The van der Waals surface area contributed by atoms with Gasteiger partial charge in [0, 0.05) is 36.6 Å². The molecule has 0 atom stereocenters. The fourth-order valence-corrected chi connectivity index (χ4v) is 2.01. The molecule has 1 aliphatic heterocycles. The molecule has 98 valence electrons. The lowest BCUT2D eigenvalue weighted by Gasteiger charge is -2.26. The zero-order chi connectivity index (χ0) is 13.1. The number of hydrogen-bond donors (Lipinski definition) is 3. The maximum Gasteiger partial charge on any atom is 0.356 e. The molecule has 0 aromatic carbocycles. The van der Waals surface area contributed by atoms with Gasteiger partial charge in [-0.1, -0.05) is 0 Å². The van der Waals surface area contributed by atoms with Crippen molar-refractivity contribution in [3.05, 3.63) is 17.0 Å². The van der Waals surface area contributed by atoms with Gasteiger partial charge in [0.2, 0.25) is 0 Å². The molecule has 0 bridgehead atoms. The highest BCUT2D eigenvalue weighted by Crippen LogP contribution is 2.20. The number of rotatable bonds is 3. The predicted octanol–water partition coefficient (Wildman–Crippen LogP) is 0.414. The van der Waals surface area contributed by atoms with Gasteiger partial charge in [-0.05, 0) is 0 Å². The number of aromatic amines is 1. The molecular weight excluding hydrogens is 260 g/mol. The van der Waals surface area contributed by atoms with Gasteiger partial charge in [0.25, 0.3) is 0 Å². The van der Waals surface area contributed by atoms with Crippen LogP contribution in [0, 0.1) is 0 Å². The first-order valence-corrected chi connectivity index (χ1v) is 6.05. The highest BCUT2D eigenvalue weighted by atomic mass is 35.5. The Kier molecular flexibility index (Phi) is 3.71. The number of fused-ring (bicyclic) bond motifs is 1. The van der Waals surface area contributed by atoms with Gasteiger partial charge in [0.15, 0.2) is 5.69 Å². The van der Waals surface area contributed by atoms with Gasteiger partial charge < -0.3 is 15.3 Å². The van der Waals surface area contributed by atoms with Crippen molar-refractivity contribution in [3.8, 4) is 0 Å². The fourth-order valence-electron chi connectivity index (χ4n) is 1.91. The van der Waals surface area contributed by atoms with Crippen LogP contribution in [0.5, 0.6) is 0 Å². The van der Waals surface area contributed by atoms with Crippen molar-refractivity contribution in [2.75, 3.05) is 19.0 Å². The molecule has 1 aromatic heterocycles. The van der Waals surface area contributed by atoms with Crippen molar-refractivity contribution in [1.82, 2.24) is 20.4 Å². The SMILES string of the molecule is O=C(O)c1n[nH]c2c1CN(C(=O)NCCCl)CC2. The maximum atomic E-state index is 11.7. The summed E-state index contributed by atoms with van der Waals surface area (Å²) in [6.07, 6.45) is 0.573. The number of nitrogens with zero attached hydrogens (tertiary/aromatic N) is 2. The van der Waals surface area contributed by atoms with Gasteiger partial charge in [-0.3, -0.25) is 5.10 Å². The van der Waals surface area contributed by atoms with Crippen LogP contribution >= 0.6 is 11.6 Å². The number of amides is 2. The van der Waals surface area contributed by atoms with Crippen molar-refractivity contribution in [3.63, 3.8) is 0 Å². The summed E-state index contributed by atoms with van der Waals surface area (Å²) in [5.74, 6) is -0.743. The molecule has 2 rings (SSSR count). The summed E-state index contributed by atoms with van der Waals surface area (Å²) in [5.41, 5.74) is 1.35. The predicted molar refractivity (Wildman–Crippen MR) is 63.8 cm³/mol. The highest BCUT2D eigenvalue weighted by molar-refractivity contribution is 6.18. The number of halogens is 1. The van der Waals surface area contributed by atoms with Gasteiger partial charge in [-0.2, -0.15) is 5.10 Å². The van der Waals surface area contributed by atoms with E-state index in [0.717, 1.165) is 5.69 Å². The van der Waals surface area contributed by atoms with Crippen LogP contribution in [0.4, 0.5) is 4.79 Å². The molecule has 8 heteroatoms. The van der Waals surface area contributed by atoms with E-state index in [0.29, 0.717) is 31.0 Å². The van der Waals surface area contributed by atoms with Crippen molar-refractivity contribution >= 4 is 23.6 Å². The minimum Gasteiger partial charge on any atom is -0.476 e. The second kappa shape index (κ2) is 5.26. The lowest BCUT2D eigenvalue weighted by molar-refractivity contribution is 0.0687. The van der Waals surface area contributed by atoms with E-state index in [9.17, 15) is 9.59 Å². The molecule has 2 heterocycles. The minimum atomic E-state index is -1.09. The van der Waals surface area contributed by atoms with Gasteiger partial charge in [0.05, 0.1) is 6.54 Å². The molecular formula is C10H13ClN4O3. The molecule has 0 radical (unpaired) electrons. The number of carbonyl (C=O) groups excluding carboxylic acids is 1. The van der Waals surface area contributed by atoms with Gasteiger partial charge in [-0.25, -0.2) is 9.59 Å². The van der Waals surface area contributed by atoms with Crippen molar-refractivity contribution in [2.24, 2.45) is 0 Å². The monoisotopic (exact) mass is 272 g/mol. The standard InChI is InChI=1S/C10H13ClN4O3/c11-2-3-12-10(18)15-4-1-7-6(5-15)8(9(16)17)14-13-7/h1-5H2,(H,12,18)(H,13,14)(H,16,17). The molecule has 0 aliphatic carbocycles. The number of H-pyrrole nitrogens is 1. The highest BCUT2D eigenvalue weighted by Gasteiger charge is 2.27. The van der Waals surface area contributed by atoms with Crippen LogP contribution in [-0.2, 0) is 13.0 Å². The average molecular weight is 273 g/mol. The van der Waals surface area contributed by atoms with E-state index >= 15 is 0 Å². The Bertz CT molecular complexity index is 474. The third-order valence-electron chi connectivity index (χ3n) is 2.79. The average Bonchev–Trinajstić information content (AvgIpc) is 2.78. The lowest BCUT2D eigenvalue weighted by atomic mass is 10.1. The zero-order valence-corrected chi connectivity index (χ0v) is 10.3. The smallest absolute Gasteiger partial charge is 0.356 e.